The smallest absolute Gasteiger partial charge is 0.260 e. The second-order valence-corrected chi connectivity index (χ2v) is 8.45. The third-order valence-electron chi connectivity index (χ3n) is 6.12. The highest BCUT2D eigenvalue weighted by Crippen LogP contribution is 2.27. The molecule has 3 aromatic rings. The van der Waals surface area contributed by atoms with Crippen LogP contribution < -0.4 is 15.4 Å². The van der Waals surface area contributed by atoms with Crippen molar-refractivity contribution in [2.75, 3.05) is 49.1 Å². The van der Waals surface area contributed by atoms with Crippen molar-refractivity contribution in [3.8, 4) is 0 Å². The van der Waals surface area contributed by atoms with Crippen LogP contribution in [-0.2, 0) is 0 Å². The van der Waals surface area contributed by atoms with Gasteiger partial charge in [-0.25, -0.2) is 4.98 Å². The SMILES string of the molecule is O=C(c1ccc(N2CCCC2)cc1Cl)N1CCN(c2nc3ccccc3c(=O)[nH]2)CC1. The van der Waals surface area contributed by atoms with E-state index in [1.54, 1.807) is 6.07 Å². The molecule has 8 heteroatoms. The van der Waals surface area contributed by atoms with Gasteiger partial charge < -0.3 is 14.7 Å². The van der Waals surface area contributed by atoms with Crippen LogP contribution in [0.25, 0.3) is 10.9 Å². The summed E-state index contributed by atoms with van der Waals surface area (Å²) in [6.45, 7) is 4.35. The molecule has 31 heavy (non-hydrogen) atoms. The summed E-state index contributed by atoms with van der Waals surface area (Å²) >= 11 is 6.49. The van der Waals surface area contributed by atoms with Crippen molar-refractivity contribution in [1.82, 2.24) is 14.9 Å². The number of nitrogens with one attached hydrogen (secondary N) is 1. The highest BCUT2D eigenvalue weighted by atomic mass is 35.5. The molecule has 2 fully saturated rings. The Morgan fingerprint density at radius 2 is 1.68 bits per heavy atom. The Labute approximate surface area is 185 Å². The number of aromatic amines is 1. The first kappa shape index (κ1) is 19.9. The largest absolute Gasteiger partial charge is 0.371 e. The lowest BCUT2D eigenvalue weighted by molar-refractivity contribution is 0.0746. The Morgan fingerprint density at radius 1 is 0.935 bits per heavy atom. The number of carbonyl (C=O) groups excluding carboxylic acids is 1. The van der Waals surface area contributed by atoms with Crippen molar-refractivity contribution >= 4 is 40.0 Å². The van der Waals surface area contributed by atoms with Crippen molar-refractivity contribution in [2.24, 2.45) is 0 Å². The van der Waals surface area contributed by atoms with Gasteiger partial charge in [0.15, 0.2) is 0 Å². The van der Waals surface area contributed by atoms with Crippen LogP contribution in [0.1, 0.15) is 23.2 Å². The first-order chi connectivity index (χ1) is 15.1. The normalized spacial score (nSPS) is 16.9. The number of fused-ring (bicyclic) bond motifs is 1. The van der Waals surface area contributed by atoms with Gasteiger partial charge in [-0.15, -0.1) is 0 Å². The first-order valence-electron chi connectivity index (χ1n) is 10.7. The molecule has 2 aromatic carbocycles. The fourth-order valence-corrected chi connectivity index (χ4v) is 4.62. The molecule has 0 radical (unpaired) electrons. The Morgan fingerprint density at radius 3 is 2.42 bits per heavy atom. The standard InChI is InChI=1S/C23H24ClN5O2/c24-19-15-16(27-9-3-4-10-27)7-8-17(19)22(31)28-11-13-29(14-12-28)23-25-20-6-2-1-5-18(20)21(30)26-23/h1-2,5-8,15H,3-4,9-14H2,(H,25,26,30). The molecule has 160 valence electrons. The lowest BCUT2D eigenvalue weighted by Crippen LogP contribution is -2.49. The molecule has 0 aliphatic carbocycles. The number of para-hydroxylation sites is 1. The molecule has 0 unspecified atom stereocenters. The van der Waals surface area contributed by atoms with Gasteiger partial charge in [0.1, 0.15) is 0 Å². The van der Waals surface area contributed by atoms with E-state index in [0.29, 0.717) is 53.6 Å². The van der Waals surface area contributed by atoms with Crippen molar-refractivity contribution < 1.29 is 4.79 Å². The topological polar surface area (TPSA) is 72.5 Å². The first-order valence-corrected chi connectivity index (χ1v) is 11.1. The Hall–Kier alpha value is -3.06. The molecule has 1 amide bonds. The maximum Gasteiger partial charge on any atom is 0.260 e. The molecular formula is C23H24ClN5O2. The van der Waals surface area contributed by atoms with Crippen molar-refractivity contribution in [1.29, 1.82) is 0 Å². The number of rotatable bonds is 3. The van der Waals surface area contributed by atoms with E-state index in [2.05, 4.69) is 14.9 Å². The highest BCUT2D eigenvalue weighted by Gasteiger charge is 2.25. The lowest BCUT2D eigenvalue weighted by atomic mass is 10.1. The van der Waals surface area contributed by atoms with Crippen molar-refractivity contribution in [3.63, 3.8) is 0 Å². The minimum absolute atomic E-state index is 0.0578. The van der Waals surface area contributed by atoms with E-state index in [1.807, 2.05) is 46.2 Å². The molecule has 0 bridgehead atoms. The van der Waals surface area contributed by atoms with Gasteiger partial charge in [-0.1, -0.05) is 23.7 Å². The third kappa shape index (κ3) is 3.85. The molecule has 5 rings (SSSR count). The van der Waals surface area contributed by atoms with Crippen LogP contribution in [-0.4, -0.2) is 60.0 Å². The zero-order chi connectivity index (χ0) is 21.4. The van der Waals surface area contributed by atoms with Gasteiger partial charge in [-0.3, -0.25) is 14.6 Å². The maximum absolute atomic E-state index is 13.1. The number of anilines is 2. The van der Waals surface area contributed by atoms with Gasteiger partial charge in [-0.05, 0) is 43.2 Å². The summed E-state index contributed by atoms with van der Waals surface area (Å²) in [6, 6.07) is 13.0. The summed E-state index contributed by atoms with van der Waals surface area (Å²) < 4.78 is 0. The molecule has 0 spiro atoms. The van der Waals surface area contributed by atoms with Gasteiger partial charge in [0.05, 0.1) is 21.5 Å². The minimum Gasteiger partial charge on any atom is -0.371 e. The number of benzene rings is 2. The summed E-state index contributed by atoms with van der Waals surface area (Å²) in [5.41, 5.74) is 2.14. The zero-order valence-corrected chi connectivity index (χ0v) is 17.9. The van der Waals surface area contributed by atoms with Crippen LogP contribution in [0.5, 0.6) is 0 Å². The summed E-state index contributed by atoms with van der Waals surface area (Å²) in [5.74, 6) is 0.487. The van der Waals surface area contributed by atoms with Crippen molar-refractivity contribution in [2.45, 2.75) is 12.8 Å². The quantitative estimate of drug-likeness (QED) is 0.681. The number of hydrogen-bond acceptors (Lipinski definition) is 5. The molecule has 0 saturated carbocycles. The molecule has 7 nitrogen and oxygen atoms in total. The lowest BCUT2D eigenvalue weighted by Gasteiger charge is -2.35. The van der Waals surface area contributed by atoms with Crippen LogP contribution in [0.3, 0.4) is 0 Å². The molecule has 0 atom stereocenters. The summed E-state index contributed by atoms with van der Waals surface area (Å²) in [7, 11) is 0. The Balaban J connectivity index is 1.28. The Bertz CT molecular complexity index is 1180. The van der Waals surface area contributed by atoms with Crippen LogP contribution in [0.2, 0.25) is 5.02 Å². The number of halogens is 1. The molecule has 3 heterocycles. The third-order valence-corrected chi connectivity index (χ3v) is 6.43. The fraction of sp³-hybridized carbons (Fsp3) is 0.348. The molecule has 1 aromatic heterocycles. The molecule has 2 saturated heterocycles. The van der Waals surface area contributed by atoms with E-state index >= 15 is 0 Å². The van der Waals surface area contributed by atoms with Gasteiger partial charge in [0, 0.05) is 45.0 Å². The number of carbonyl (C=O) groups is 1. The molecule has 2 aliphatic rings. The van der Waals surface area contributed by atoms with Gasteiger partial charge in [0.25, 0.3) is 11.5 Å². The van der Waals surface area contributed by atoms with Crippen LogP contribution in [0.4, 0.5) is 11.6 Å². The van der Waals surface area contributed by atoms with E-state index in [-0.39, 0.29) is 11.5 Å². The van der Waals surface area contributed by atoms with E-state index < -0.39 is 0 Å². The number of amides is 1. The summed E-state index contributed by atoms with van der Waals surface area (Å²) in [6.07, 6.45) is 2.39. The van der Waals surface area contributed by atoms with E-state index in [4.69, 9.17) is 11.6 Å². The number of hydrogen-bond donors (Lipinski definition) is 1. The zero-order valence-electron chi connectivity index (χ0n) is 17.2. The molecule has 2 aliphatic heterocycles. The van der Waals surface area contributed by atoms with E-state index in [0.717, 1.165) is 18.8 Å². The number of piperazine rings is 1. The monoisotopic (exact) mass is 437 g/mol. The van der Waals surface area contributed by atoms with Crippen molar-refractivity contribution in [3.05, 3.63) is 63.4 Å². The van der Waals surface area contributed by atoms with Crippen LogP contribution in [0.15, 0.2) is 47.3 Å². The number of nitrogens with zero attached hydrogens (tertiary/aromatic N) is 4. The van der Waals surface area contributed by atoms with Gasteiger partial charge in [-0.2, -0.15) is 0 Å². The summed E-state index contributed by atoms with van der Waals surface area (Å²) in [5, 5.41) is 1.07. The van der Waals surface area contributed by atoms with Crippen LogP contribution >= 0.6 is 11.6 Å². The molecule has 1 N–H and O–H groups in total. The highest BCUT2D eigenvalue weighted by molar-refractivity contribution is 6.34. The van der Waals surface area contributed by atoms with E-state index in [1.165, 1.54) is 12.8 Å². The summed E-state index contributed by atoms with van der Waals surface area (Å²) in [4.78, 5) is 39.0. The van der Waals surface area contributed by atoms with E-state index in [9.17, 15) is 9.59 Å². The second kappa shape index (κ2) is 8.23. The maximum atomic E-state index is 13.1. The minimum atomic E-state index is -0.149. The predicted octanol–water partition coefficient (Wildman–Crippen LogP) is 3.14. The number of H-pyrrole nitrogens is 1. The van der Waals surface area contributed by atoms with Gasteiger partial charge in [0.2, 0.25) is 5.95 Å². The van der Waals surface area contributed by atoms with Gasteiger partial charge >= 0.3 is 0 Å². The average Bonchev–Trinajstić information content (AvgIpc) is 3.34. The average molecular weight is 438 g/mol. The number of aromatic nitrogens is 2. The molecular weight excluding hydrogens is 414 g/mol. The predicted molar refractivity (Wildman–Crippen MR) is 123 cm³/mol. The fourth-order valence-electron chi connectivity index (χ4n) is 4.37. The Kier molecular flexibility index (Phi) is 5.28. The van der Waals surface area contributed by atoms with Crippen LogP contribution in [0, 0.1) is 0 Å². The second-order valence-electron chi connectivity index (χ2n) is 8.04.